The molecule has 1 amide bonds. The average Bonchev–Trinajstić information content (AvgIpc) is 2.80. The van der Waals surface area contributed by atoms with Crippen LogP contribution in [0.15, 0.2) is 29.4 Å². The van der Waals surface area contributed by atoms with Crippen molar-refractivity contribution in [3.05, 3.63) is 35.9 Å². The first-order valence-corrected chi connectivity index (χ1v) is 6.91. The molecule has 1 aromatic carbocycles. The topological polar surface area (TPSA) is 59.8 Å². The third-order valence-electron chi connectivity index (χ3n) is 2.55. The molecular weight excluding hydrogens is 324 g/mol. The van der Waals surface area contributed by atoms with E-state index in [1.165, 1.54) is 31.3 Å². The SMILES string of the molecule is Cn1c(SCC(=O)Nc2ccc(F)cc2)nnc1C(F)(F)F. The number of benzene rings is 1. The second-order valence-corrected chi connectivity index (χ2v) is 5.15. The molecule has 0 atom stereocenters. The van der Waals surface area contributed by atoms with Crippen molar-refractivity contribution in [2.45, 2.75) is 11.3 Å². The number of aromatic nitrogens is 3. The third-order valence-corrected chi connectivity index (χ3v) is 3.57. The summed E-state index contributed by atoms with van der Waals surface area (Å²) in [5, 5.41) is 8.91. The summed E-state index contributed by atoms with van der Waals surface area (Å²) < 4.78 is 51.1. The summed E-state index contributed by atoms with van der Waals surface area (Å²) in [6.45, 7) is 0. The van der Waals surface area contributed by atoms with Crippen molar-refractivity contribution in [2.75, 3.05) is 11.1 Å². The Hall–Kier alpha value is -2.10. The summed E-state index contributed by atoms with van der Waals surface area (Å²) in [5.74, 6) is -2.17. The molecule has 0 saturated heterocycles. The summed E-state index contributed by atoms with van der Waals surface area (Å²) >= 11 is 0.818. The molecule has 0 fully saturated rings. The van der Waals surface area contributed by atoms with Crippen molar-refractivity contribution >= 4 is 23.4 Å². The van der Waals surface area contributed by atoms with Crippen LogP contribution in [0.4, 0.5) is 23.2 Å². The fraction of sp³-hybridized carbons (Fsp3) is 0.250. The van der Waals surface area contributed by atoms with Gasteiger partial charge in [-0.2, -0.15) is 13.2 Å². The minimum absolute atomic E-state index is 0.0263. The Morgan fingerprint density at radius 2 is 1.91 bits per heavy atom. The molecule has 2 aromatic rings. The van der Waals surface area contributed by atoms with Gasteiger partial charge < -0.3 is 9.88 Å². The first-order valence-electron chi connectivity index (χ1n) is 5.92. The summed E-state index contributed by atoms with van der Waals surface area (Å²) in [4.78, 5) is 11.7. The lowest BCUT2D eigenvalue weighted by Gasteiger charge is -2.07. The number of carbonyl (C=O) groups is 1. The average molecular weight is 334 g/mol. The van der Waals surface area contributed by atoms with Gasteiger partial charge in [-0.05, 0) is 24.3 Å². The van der Waals surface area contributed by atoms with Gasteiger partial charge in [0.2, 0.25) is 11.7 Å². The molecule has 0 aliphatic carbocycles. The number of nitrogens with one attached hydrogen (secondary N) is 1. The lowest BCUT2D eigenvalue weighted by atomic mass is 10.3. The Kier molecular flexibility index (Phi) is 4.69. The molecule has 0 unspecified atom stereocenters. The van der Waals surface area contributed by atoms with E-state index < -0.39 is 23.7 Å². The van der Waals surface area contributed by atoms with Crippen molar-refractivity contribution < 1.29 is 22.4 Å². The molecule has 1 heterocycles. The maximum absolute atomic E-state index is 12.7. The van der Waals surface area contributed by atoms with Crippen molar-refractivity contribution in [3.8, 4) is 0 Å². The standard InChI is InChI=1S/C12H10F4N4OS/c1-20-10(12(14,15)16)18-19-11(20)22-6-9(21)17-8-4-2-7(13)3-5-8/h2-5H,6H2,1H3,(H,17,21). The molecule has 0 saturated carbocycles. The van der Waals surface area contributed by atoms with Gasteiger partial charge in [0.1, 0.15) is 5.82 Å². The highest BCUT2D eigenvalue weighted by Crippen LogP contribution is 2.29. The van der Waals surface area contributed by atoms with E-state index in [9.17, 15) is 22.4 Å². The Morgan fingerprint density at radius 3 is 2.45 bits per heavy atom. The van der Waals surface area contributed by atoms with Crippen LogP contribution in [0.1, 0.15) is 5.82 Å². The molecule has 0 aliphatic rings. The Balaban J connectivity index is 1.94. The Morgan fingerprint density at radius 1 is 1.27 bits per heavy atom. The number of thioether (sulfide) groups is 1. The molecular formula is C12H10F4N4OS. The molecule has 10 heteroatoms. The van der Waals surface area contributed by atoms with Gasteiger partial charge in [0.05, 0.1) is 5.75 Å². The minimum Gasteiger partial charge on any atom is -0.325 e. The van der Waals surface area contributed by atoms with Gasteiger partial charge in [-0.3, -0.25) is 4.79 Å². The van der Waals surface area contributed by atoms with Crippen molar-refractivity contribution in [1.29, 1.82) is 0 Å². The number of amides is 1. The van der Waals surface area contributed by atoms with Gasteiger partial charge in [0, 0.05) is 12.7 Å². The number of halogens is 4. The fourth-order valence-corrected chi connectivity index (χ4v) is 2.26. The molecule has 22 heavy (non-hydrogen) atoms. The third kappa shape index (κ3) is 3.97. The smallest absolute Gasteiger partial charge is 0.325 e. The minimum atomic E-state index is -4.60. The summed E-state index contributed by atoms with van der Waals surface area (Å²) in [6, 6.07) is 5.12. The van der Waals surface area contributed by atoms with Gasteiger partial charge in [0.15, 0.2) is 5.16 Å². The molecule has 1 N–H and O–H groups in total. The Labute approximate surface area is 126 Å². The maximum Gasteiger partial charge on any atom is 0.451 e. The van der Waals surface area contributed by atoms with Crippen LogP contribution in [0.25, 0.3) is 0 Å². The van der Waals surface area contributed by atoms with Crippen LogP contribution in [0.5, 0.6) is 0 Å². The zero-order valence-corrected chi connectivity index (χ0v) is 12.0. The van der Waals surface area contributed by atoms with Crippen molar-refractivity contribution in [1.82, 2.24) is 14.8 Å². The first kappa shape index (κ1) is 16.3. The van der Waals surface area contributed by atoms with E-state index in [0.29, 0.717) is 5.69 Å². The van der Waals surface area contributed by atoms with Crippen LogP contribution in [0, 0.1) is 5.82 Å². The zero-order chi connectivity index (χ0) is 16.3. The van der Waals surface area contributed by atoms with Gasteiger partial charge >= 0.3 is 6.18 Å². The predicted molar refractivity (Wildman–Crippen MR) is 71.8 cm³/mol. The molecule has 0 bridgehead atoms. The van der Waals surface area contributed by atoms with Gasteiger partial charge in [-0.25, -0.2) is 4.39 Å². The van der Waals surface area contributed by atoms with Crippen LogP contribution in [0.3, 0.4) is 0 Å². The number of carbonyl (C=O) groups excluding carboxylic acids is 1. The number of alkyl halides is 3. The first-order chi connectivity index (χ1) is 10.3. The van der Waals surface area contributed by atoms with E-state index in [-0.39, 0.29) is 10.9 Å². The zero-order valence-electron chi connectivity index (χ0n) is 11.2. The normalized spacial score (nSPS) is 11.5. The number of hydrogen-bond donors (Lipinski definition) is 1. The molecule has 0 spiro atoms. The van der Waals surface area contributed by atoms with Crippen LogP contribution < -0.4 is 5.32 Å². The highest BCUT2D eigenvalue weighted by atomic mass is 32.2. The lowest BCUT2D eigenvalue weighted by molar-refractivity contribution is -0.147. The van der Waals surface area contributed by atoms with Crippen LogP contribution in [0.2, 0.25) is 0 Å². The van der Waals surface area contributed by atoms with Crippen molar-refractivity contribution in [2.24, 2.45) is 7.05 Å². The number of rotatable bonds is 4. The van der Waals surface area contributed by atoms with E-state index in [2.05, 4.69) is 15.5 Å². The number of hydrogen-bond acceptors (Lipinski definition) is 4. The quantitative estimate of drug-likeness (QED) is 0.690. The number of anilines is 1. The van der Waals surface area contributed by atoms with E-state index >= 15 is 0 Å². The molecule has 0 radical (unpaired) electrons. The highest BCUT2D eigenvalue weighted by Gasteiger charge is 2.37. The van der Waals surface area contributed by atoms with Crippen molar-refractivity contribution in [3.63, 3.8) is 0 Å². The van der Waals surface area contributed by atoms with E-state index in [0.717, 1.165) is 16.3 Å². The number of nitrogens with zero attached hydrogens (tertiary/aromatic N) is 3. The predicted octanol–water partition coefficient (Wildman–Crippen LogP) is 2.70. The maximum atomic E-state index is 12.7. The monoisotopic (exact) mass is 334 g/mol. The fourth-order valence-electron chi connectivity index (χ4n) is 1.55. The van der Waals surface area contributed by atoms with E-state index in [4.69, 9.17) is 0 Å². The lowest BCUT2D eigenvalue weighted by Crippen LogP contribution is -2.15. The molecule has 5 nitrogen and oxygen atoms in total. The van der Waals surface area contributed by atoms with Crippen LogP contribution in [-0.4, -0.2) is 26.4 Å². The highest BCUT2D eigenvalue weighted by molar-refractivity contribution is 7.99. The summed E-state index contributed by atoms with van der Waals surface area (Å²) in [6.07, 6.45) is -4.60. The Bertz CT molecular complexity index is 669. The second kappa shape index (κ2) is 6.34. The van der Waals surface area contributed by atoms with Crippen LogP contribution in [-0.2, 0) is 18.0 Å². The summed E-state index contributed by atoms with van der Waals surface area (Å²) in [5.41, 5.74) is 0.390. The van der Waals surface area contributed by atoms with Gasteiger partial charge in [-0.1, -0.05) is 11.8 Å². The molecule has 1 aromatic heterocycles. The van der Waals surface area contributed by atoms with Gasteiger partial charge in [0.25, 0.3) is 0 Å². The van der Waals surface area contributed by atoms with Crippen LogP contribution >= 0.6 is 11.8 Å². The largest absolute Gasteiger partial charge is 0.451 e. The summed E-state index contributed by atoms with van der Waals surface area (Å²) in [7, 11) is 1.17. The van der Waals surface area contributed by atoms with E-state index in [1.54, 1.807) is 0 Å². The van der Waals surface area contributed by atoms with Gasteiger partial charge in [-0.15, -0.1) is 10.2 Å². The molecule has 118 valence electrons. The molecule has 2 rings (SSSR count). The molecule has 0 aliphatic heterocycles. The second-order valence-electron chi connectivity index (χ2n) is 4.21. The van der Waals surface area contributed by atoms with E-state index in [1.807, 2.05) is 0 Å².